The number of nitrogens with one attached hydrogen (secondary N) is 2. The van der Waals surface area contributed by atoms with Crippen LogP contribution in [0.2, 0.25) is 0 Å². The van der Waals surface area contributed by atoms with E-state index in [-0.39, 0.29) is 34.4 Å². The van der Waals surface area contributed by atoms with Gasteiger partial charge in [0.25, 0.3) is 0 Å². The third-order valence-corrected chi connectivity index (χ3v) is 12.5. The summed E-state index contributed by atoms with van der Waals surface area (Å²) in [5.41, 5.74) is 2.64. The molecule has 3 saturated carbocycles. The summed E-state index contributed by atoms with van der Waals surface area (Å²) in [5.74, 6) is -3.02. The van der Waals surface area contributed by atoms with Crippen molar-refractivity contribution < 1.29 is 27.6 Å². The molecular formula is C32H42F3N3O3. The van der Waals surface area contributed by atoms with E-state index in [1.807, 2.05) is 19.3 Å². The molecule has 9 heteroatoms. The number of ketones is 2. The minimum Gasteiger partial charge on any atom is -0.295 e. The van der Waals surface area contributed by atoms with Crippen LogP contribution in [0.15, 0.2) is 23.3 Å². The number of hydrogen-bond acceptors (Lipinski definition) is 5. The second kappa shape index (κ2) is 8.78. The third kappa shape index (κ3) is 4.02. The summed E-state index contributed by atoms with van der Waals surface area (Å²) >= 11 is 0. The summed E-state index contributed by atoms with van der Waals surface area (Å²) in [6, 6.07) is 2.11. The van der Waals surface area contributed by atoms with Crippen LogP contribution < -0.4 is 10.9 Å². The number of carbonyl (C=O) groups excluding carboxylic acids is 3. The number of Topliss-reactive ketones (excluding diaryl/α,β-unsaturated/α-hetero) is 1. The first-order valence-electron chi connectivity index (χ1n) is 14.8. The molecule has 0 saturated heterocycles. The van der Waals surface area contributed by atoms with Crippen molar-refractivity contribution in [2.45, 2.75) is 105 Å². The lowest BCUT2D eigenvalue weighted by molar-refractivity contribution is -0.179. The Morgan fingerprint density at radius 2 is 1.63 bits per heavy atom. The first kappa shape index (κ1) is 30.0. The summed E-state index contributed by atoms with van der Waals surface area (Å²) in [4.78, 5) is 39.4. The van der Waals surface area contributed by atoms with Gasteiger partial charge < -0.3 is 0 Å². The molecule has 224 valence electrons. The van der Waals surface area contributed by atoms with Crippen molar-refractivity contribution in [1.29, 1.82) is 5.26 Å². The molecule has 41 heavy (non-hydrogen) atoms. The van der Waals surface area contributed by atoms with E-state index in [2.05, 4.69) is 46.1 Å². The van der Waals surface area contributed by atoms with Gasteiger partial charge in [-0.05, 0) is 79.1 Å². The second-order valence-corrected chi connectivity index (χ2v) is 15.5. The van der Waals surface area contributed by atoms with E-state index in [4.69, 9.17) is 0 Å². The Kier molecular flexibility index (Phi) is 6.42. The first-order chi connectivity index (χ1) is 18.7. The van der Waals surface area contributed by atoms with Crippen LogP contribution in [0.1, 0.15) is 93.4 Å². The van der Waals surface area contributed by atoms with E-state index in [1.54, 1.807) is 12.2 Å². The first-order valence-corrected chi connectivity index (χ1v) is 14.8. The number of nitriles is 1. The smallest absolute Gasteiger partial charge is 0.295 e. The van der Waals surface area contributed by atoms with E-state index in [1.165, 1.54) is 0 Å². The molecule has 0 aromatic heterocycles. The van der Waals surface area contributed by atoms with Gasteiger partial charge in [-0.15, -0.1) is 0 Å². The number of allylic oxidation sites excluding steroid dienone is 4. The van der Waals surface area contributed by atoms with Gasteiger partial charge in [0, 0.05) is 22.3 Å². The summed E-state index contributed by atoms with van der Waals surface area (Å²) < 4.78 is 39.4. The zero-order valence-electron chi connectivity index (χ0n) is 25.1. The van der Waals surface area contributed by atoms with Crippen molar-refractivity contribution in [3.05, 3.63) is 23.3 Å². The topological polar surface area (TPSA) is 99.1 Å². The molecule has 6 nitrogen and oxygen atoms in total. The van der Waals surface area contributed by atoms with Gasteiger partial charge >= 0.3 is 12.1 Å². The van der Waals surface area contributed by atoms with E-state index in [9.17, 15) is 32.8 Å². The zero-order chi connectivity index (χ0) is 30.6. The Bertz CT molecular complexity index is 1320. The van der Waals surface area contributed by atoms with Gasteiger partial charge in [0.15, 0.2) is 11.6 Å². The lowest BCUT2D eigenvalue weighted by Crippen LogP contribution is -2.71. The van der Waals surface area contributed by atoms with Crippen molar-refractivity contribution in [1.82, 2.24) is 10.9 Å². The van der Waals surface area contributed by atoms with Crippen molar-refractivity contribution in [2.75, 3.05) is 0 Å². The molecule has 3 fully saturated rings. The number of amides is 1. The molecule has 0 aromatic carbocycles. The summed E-state index contributed by atoms with van der Waals surface area (Å²) in [6.45, 7) is 14.5. The number of rotatable bonds is 2. The Morgan fingerprint density at radius 3 is 2.24 bits per heavy atom. The third-order valence-electron chi connectivity index (χ3n) is 12.5. The molecule has 0 spiro atoms. The summed E-state index contributed by atoms with van der Waals surface area (Å²) in [6.07, 6.45) is 3.17. The quantitative estimate of drug-likeness (QED) is 0.387. The highest BCUT2D eigenvalue weighted by Gasteiger charge is 2.70. The van der Waals surface area contributed by atoms with Crippen LogP contribution in [0.5, 0.6) is 0 Å². The fraction of sp³-hybridized carbons (Fsp3) is 0.750. The summed E-state index contributed by atoms with van der Waals surface area (Å²) in [7, 11) is 0. The van der Waals surface area contributed by atoms with Crippen molar-refractivity contribution >= 4 is 17.5 Å². The van der Waals surface area contributed by atoms with Crippen LogP contribution in [-0.2, 0) is 14.4 Å². The number of hydrazine groups is 1. The van der Waals surface area contributed by atoms with E-state index < -0.39 is 45.2 Å². The molecular weight excluding hydrogens is 531 g/mol. The number of carbonyl (C=O) groups is 3. The van der Waals surface area contributed by atoms with Gasteiger partial charge in [-0.3, -0.25) is 19.8 Å². The van der Waals surface area contributed by atoms with Gasteiger partial charge in [-0.25, -0.2) is 5.43 Å². The minimum atomic E-state index is -5.01. The largest absolute Gasteiger partial charge is 0.472 e. The Balaban J connectivity index is 1.62. The highest BCUT2D eigenvalue weighted by Crippen LogP contribution is 2.73. The van der Waals surface area contributed by atoms with Crippen LogP contribution in [0.25, 0.3) is 0 Å². The van der Waals surface area contributed by atoms with Gasteiger partial charge in [0.2, 0.25) is 0 Å². The Hall–Kier alpha value is -2.47. The fourth-order valence-electron chi connectivity index (χ4n) is 10.1. The molecule has 2 unspecified atom stereocenters. The van der Waals surface area contributed by atoms with Crippen molar-refractivity contribution in [2.24, 2.45) is 44.8 Å². The highest BCUT2D eigenvalue weighted by atomic mass is 19.4. The van der Waals surface area contributed by atoms with Crippen molar-refractivity contribution in [3.63, 3.8) is 0 Å². The van der Waals surface area contributed by atoms with Gasteiger partial charge in [-0.1, -0.05) is 60.1 Å². The molecule has 1 amide bonds. The molecule has 0 aliphatic heterocycles. The molecule has 7 atom stereocenters. The average Bonchev–Trinajstić information content (AvgIpc) is 2.86. The van der Waals surface area contributed by atoms with Crippen LogP contribution in [0, 0.1) is 56.2 Å². The summed E-state index contributed by atoms with van der Waals surface area (Å²) in [5, 5.41) is 9.86. The van der Waals surface area contributed by atoms with Crippen LogP contribution >= 0.6 is 0 Å². The SMILES string of the molecule is CC1(C)CC[C@]2(NNC(=O)C(F)(F)F)CC[C@]3(C)[C@H](C(=O)C=C4[C@@]5(C)C=C(C#N)C(=O)C(C)(C)C5CC[C@]43C)C2C1. The molecule has 0 heterocycles. The molecule has 0 aromatic rings. The molecule has 5 aliphatic carbocycles. The number of hydrogen-bond donors (Lipinski definition) is 2. The molecule has 5 aliphatic rings. The lowest BCUT2D eigenvalue weighted by Gasteiger charge is -2.69. The van der Waals surface area contributed by atoms with E-state index in [0.29, 0.717) is 25.7 Å². The average molecular weight is 574 g/mol. The van der Waals surface area contributed by atoms with Crippen LogP contribution in [0.3, 0.4) is 0 Å². The molecule has 2 N–H and O–H groups in total. The molecule has 5 rings (SSSR count). The minimum absolute atomic E-state index is 0.0424. The van der Waals surface area contributed by atoms with Gasteiger partial charge in [0.1, 0.15) is 6.07 Å². The van der Waals surface area contributed by atoms with E-state index in [0.717, 1.165) is 24.8 Å². The maximum Gasteiger partial charge on any atom is 0.472 e. The Morgan fingerprint density at radius 1 is 1.00 bits per heavy atom. The van der Waals surface area contributed by atoms with E-state index >= 15 is 0 Å². The van der Waals surface area contributed by atoms with Crippen molar-refractivity contribution in [3.8, 4) is 6.07 Å². The number of halogens is 3. The number of fused-ring (bicyclic) bond motifs is 7. The van der Waals surface area contributed by atoms with Gasteiger partial charge in [-0.2, -0.15) is 18.4 Å². The standard InChI is InChI=1S/C32H42F3N3O3/c1-26(2)10-12-31(38-37-25(41)32(33,34)35)13-11-30(7)23(19(31)16-26)20(39)14-22-28(5)15-18(17-36)24(40)27(3,4)21(28)8-9-29(22,30)6/h14-15,19,21,23,38H,8-13,16H2,1-7H3,(H,37,41)/t19?,21?,23-,28-,29+,30+,31-/m0/s1. The van der Waals surface area contributed by atoms with Gasteiger partial charge in [0.05, 0.1) is 5.57 Å². The normalized spacial score (nSPS) is 42.8. The molecule has 0 radical (unpaired) electrons. The maximum atomic E-state index is 14.4. The highest BCUT2D eigenvalue weighted by molar-refractivity contribution is 6.04. The second-order valence-electron chi connectivity index (χ2n) is 15.5. The molecule has 0 bridgehead atoms. The fourth-order valence-corrected chi connectivity index (χ4v) is 10.1. The zero-order valence-corrected chi connectivity index (χ0v) is 25.1. The van der Waals surface area contributed by atoms with Crippen LogP contribution in [-0.4, -0.2) is 29.2 Å². The Labute approximate surface area is 240 Å². The van der Waals surface area contributed by atoms with Crippen LogP contribution in [0.4, 0.5) is 13.2 Å². The predicted molar refractivity (Wildman–Crippen MR) is 147 cm³/mol. The predicted octanol–water partition coefficient (Wildman–Crippen LogP) is 6.14. The lowest BCUT2D eigenvalue weighted by atomic mass is 9.35. The number of nitrogens with zero attached hydrogens (tertiary/aromatic N) is 1. The monoisotopic (exact) mass is 573 g/mol. The number of alkyl halides is 3. The maximum absolute atomic E-state index is 14.4.